The van der Waals surface area contributed by atoms with Gasteiger partial charge in [0.15, 0.2) is 0 Å². The van der Waals surface area contributed by atoms with Gasteiger partial charge in [-0.2, -0.15) is 0 Å². The Kier molecular flexibility index (Phi) is 5.52. The number of amides is 1. The summed E-state index contributed by atoms with van der Waals surface area (Å²) in [5.41, 5.74) is 1.10. The van der Waals surface area contributed by atoms with Crippen LogP contribution in [0.4, 0.5) is 5.69 Å². The molecule has 0 radical (unpaired) electrons. The summed E-state index contributed by atoms with van der Waals surface area (Å²) in [4.78, 5) is 18.4. The zero-order chi connectivity index (χ0) is 14.9. The Labute approximate surface area is 148 Å². The van der Waals surface area contributed by atoms with Crippen LogP contribution < -0.4 is 10.2 Å². The van der Waals surface area contributed by atoms with Gasteiger partial charge in [0.25, 0.3) is 0 Å². The van der Waals surface area contributed by atoms with Gasteiger partial charge in [-0.15, -0.1) is 24.2 Å². The molecule has 0 aromatic heterocycles. The Morgan fingerprint density at radius 1 is 1.26 bits per heavy atom. The third-order valence-electron chi connectivity index (χ3n) is 5.13. The maximum absolute atomic E-state index is 12.8. The summed E-state index contributed by atoms with van der Waals surface area (Å²) < 4.78 is 0. The zero-order valence-electron chi connectivity index (χ0n) is 13.2. The lowest BCUT2D eigenvalue weighted by molar-refractivity contribution is -0.120. The lowest BCUT2D eigenvalue weighted by Gasteiger charge is -2.36. The third kappa shape index (κ3) is 3.53. The molecule has 4 nitrogen and oxygen atoms in total. The SMILES string of the molecule is Cl.O=C(CN1CCC2NCCC2C1)N1CCSc2ccccc21. The number of carbonyl (C=O) groups excluding carboxylic acids is 1. The Bertz CT molecular complexity index is 571. The number of anilines is 1. The Hall–Kier alpha value is -0.750. The first-order valence-corrected chi connectivity index (χ1v) is 9.28. The molecule has 1 aromatic carbocycles. The van der Waals surface area contributed by atoms with Crippen LogP contribution in [0, 0.1) is 5.92 Å². The van der Waals surface area contributed by atoms with Gasteiger partial charge in [0.1, 0.15) is 0 Å². The van der Waals surface area contributed by atoms with E-state index in [4.69, 9.17) is 0 Å². The van der Waals surface area contributed by atoms with Crippen LogP contribution in [-0.4, -0.2) is 55.3 Å². The van der Waals surface area contributed by atoms with Crippen LogP contribution in [-0.2, 0) is 4.79 Å². The van der Waals surface area contributed by atoms with Crippen molar-refractivity contribution in [1.29, 1.82) is 0 Å². The highest BCUT2D eigenvalue weighted by atomic mass is 35.5. The molecule has 3 aliphatic rings. The number of nitrogens with one attached hydrogen (secondary N) is 1. The summed E-state index contributed by atoms with van der Waals surface area (Å²) in [5.74, 6) is 2.00. The number of para-hydroxylation sites is 1. The molecule has 0 aliphatic carbocycles. The van der Waals surface area contributed by atoms with Gasteiger partial charge >= 0.3 is 0 Å². The highest BCUT2D eigenvalue weighted by Gasteiger charge is 2.34. The van der Waals surface area contributed by atoms with Crippen molar-refractivity contribution in [2.45, 2.75) is 23.8 Å². The molecule has 1 N–H and O–H groups in total. The van der Waals surface area contributed by atoms with E-state index >= 15 is 0 Å². The minimum Gasteiger partial charge on any atom is -0.314 e. The number of rotatable bonds is 2. The van der Waals surface area contributed by atoms with Crippen LogP contribution in [0.1, 0.15) is 12.8 Å². The molecule has 126 valence electrons. The van der Waals surface area contributed by atoms with Gasteiger partial charge in [-0.25, -0.2) is 0 Å². The fourth-order valence-electron chi connectivity index (χ4n) is 3.97. The average Bonchev–Trinajstić information content (AvgIpc) is 3.02. The minimum atomic E-state index is 0. The molecule has 1 aromatic rings. The maximum atomic E-state index is 12.8. The summed E-state index contributed by atoms with van der Waals surface area (Å²) >= 11 is 1.85. The molecule has 3 aliphatic heterocycles. The predicted octanol–water partition coefficient (Wildman–Crippen LogP) is 2.23. The molecule has 2 unspecified atom stereocenters. The van der Waals surface area contributed by atoms with Crippen molar-refractivity contribution in [2.75, 3.05) is 43.4 Å². The van der Waals surface area contributed by atoms with Gasteiger partial charge < -0.3 is 10.2 Å². The van der Waals surface area contributed by atoms with Crippen LogP contribution in [0.15, 0.2) is 29.2 Å². The van der Waals surface area contributed by atoms with Crippen molar-refractivity contribution in [3.63, 3.8) is 0 Å². The lowest BCUT2D eigenvalue weighted by atomic mass is 9.93. The number of nitrogens with zero attached hydrogens (tertiary/aromatic N) is 2. The molecule has 4 rings (SSSR count). The smallest absolute Gasteiger partial charge is 0.241 e. The summed E-state index contributed by atoms with van der Waals surface area (Å²) in [5, 5.41) is 3.58. The van der Waals surface area contributed by atoms with E-state index in [1.54, 1.807) is 0 Å². The first-order chi connectivity index (χ1) is 10.8. The molecule has 23 heavy (non-hydrogen) atoms. The molecular formula is C17H24ClN3OS. The van der Waals surface area contributed by atoms with Crippen LogP contribution >= 0.6 is 24.2 Å². The number of carbonyl (C=O) groups is 1. The number of hydrogen-bond acceptors (Lipinski definition) is 4. The van der Waals surface area contributed by atoms with Crippen LogP contribution in [0.3, 0.4) is 0 Å². The number of benzene rings is 1. The van der Waals surface area contributed by atoms with E-state index in [2.05, 4.69) is 28.4 Å². The highest BCUT2D eigenvalue weighted by Crippen LogP contribution is 2.34. The first kappa shape index (κ1) is 17.1. The van der Waals surface area contributed by atoms with Gasteiger partial charge in [-0.05, 0) is 37.4 Å². The summed E-state index contributed by atoms with van der Waals surface area (Å²) in [6.07, 6.45) is 2.45. The fraction of sp³-hybridized carbons (Fsp3) is 0.588. The second kappa shape index (κ2) is 7.43. The van der Waals surface area contributed by atoms with Gasteiger partial charge in [0.05, 0.1) is 12.2 Å². The van der Waals surface area contributed by atoms with Gasteiger partial charge in [-0.3, -0.25) is 9.69 Å². The molecule has 1 amide bonds. The number of halogens is 1. The van der Waals surface area contributed by atoms with Crippen LogP contribution in [0.2, 0.25) is 0 Å². The lowest BCUT2D eigenvalue weighted by Crippen LogP contribution is -2.49. The van der Waals surface area contributed by atoms with E-state index in [0.29, 0.717) is 12.6 Å². The van der Waals surface area contributed by atoms with E-state index < -0.39 is 0 Å². The van der Waals surface area contributed by atoms with Crippen molar-refractivity contribution in [3.05, 3.63) is 24.3 Å². The first-order valence-electron chi connectivity index (χ1n) is 8.29. The molecule has 0 spiro atoms. The molecule has 3 heterocycles. The third-order valence-corrected chi connectivity index (χ3v) is 6.17. The fourth-order valence-corrected chi connectivity index (χ4v) is 4.97. The van der Waals surface area contributed by atoms with E-state index in [1.165, 1.54) is 17.7 Å². The van der Waals surface area contributed by atoms with E-state index in [9.17, 15) is 4.79 Å². The molecule has 0 bridgehead atoms. The standard InChI is InChI=1S/C17H23N3OS.ClH/c21-17(12-19-8-6-14-13(11-19)5-7-18-14)20-9-10-22-16-4-2-1-3-15(16)20;/h1-4,13-14,18H,5-12H2;1H. The monoisotopic (exact) mass is 353 g/mol. The molecule has 2 atom stereocenters. The number of likely N-dealkylation sites (tertiary alicyclic amines) is 1. The quantitative estimate of drug-likeness (QED) is 0.884. The summed E-state index contributed by atoms with van der Waals surface area (Å²) in [7, 11) is 0. The molecule has 6 heteroatoms. The van der Waals surface area contributed by atoms with Crippen molar-refractivity contribution in [3.8, 4) is 0 Å². The Balaban J connectivity index is 0.00000156. The normalized spacial score (nSPS) is 27.0. The highest BCUT2D eigenvalue weighted by molar-refractivity contribution is 7.99. The Morgan fingerprint density at radius 2 is 2.13 bits per heavy atom. The summed E-state index contributed by atoms with van der Waals surface area (Å²) in [6.45, 7) is 4.68. The topological polar surface area (TPSA) is 35.6 Å². The second-order valence-electron chi connectivity index (χ2n) is 6.49. The predicted molar refractivity (Wildman–Crippen MR) is 97.7 cm³/mol. The van der Waals surface area contributed by atoms with Crippen molar-refractivity contribution < 1.29 is 4.79 Å². The number of thioether (sulfide) groups is 1. The van der Waals surface area contributed by atoms with E-state index in [0.717, 1.165) is 43.5 Å². The second-order valence-corrected chi connectivity index (χ2v) is 7.63. The van der Waals surface area contributed by atoms with Gasteiger partial charge in [-0.1, -0.05) is 12.1 Å². The van der Waals surface area contributed by atoms with Crippen molar-refractivity contribution in [2.24, 2.45) is 5.92 Å². The minimum absolute atomic E-state index is 0. The molecule has 2 saturated heterocycles. The number of hydrogen-bond donors (Lipinski definition) is 1. The zero-order valence-corrected chi connectivity index (χ0v) is 14.9. The summed E-state index contributed by atoms with van der Waals surface area (Å²) in [6, 6.07) is 8.97. The van der Waals surface area contributed by atoms with E-state index in [-0.39, 0.29) is 18.3 Å². The largest absolute Gasteiger partial charge is 0.314 e. The van der Waals surface area contributed by atoms with Gasteiger partial charge in [0.2, 0.25) is 5.91 Å². The Morgan fingerprint density at radius 3 is 3.04 bits per heavy atom. The number of fused-ring (bicyclic) bond motifs is 2. The maximum Gasteiger partial charge on any atom is 0.241 e. The molecule has 0 saturated carbocycles. The molecule has 2 fully saturated rings. The number of piperidine rings is 1. The van der Waals surface area contributed by atoms with Crippen LogP contribution in [0.25, 0.3) is 0 Å². The van der Waals surface area contributed by atoms with Gasteiger partial charge in [0, 0.05) is 36.3 Å². The molecular weight excluding hydrogens is 330 g/mol. The average molecular weight is 354 g/mol. The van der Waals surface area contributed by atoms with Crippen LogP contribution in [0.5, 0.6) is 0 Å². The van der Waals surface area contributed by atoms with E-state index in [1.807, 2.05) is 22.7 Å². The van der Waals surface area contributed by atoms with Crippen molar-refractivity contribution >= 4 is 35.8 Å². The van der Waals surface area contributed by atoms with Crippen molar-refractivity contribution in [1.82, 2.24) is 10.2 Å².